The molecule has 2 atom stereocenters. The molecule has 0 aromatic heterocycles. The van der Waals surface area contributed by atoms with Gasteiger partial charge in [0.1, 0.15) is 17.3 Å². The Morgan fingerprint density at radius 1 is 1.15 bits per heavy atom. The van der Waals surface area contributed by atoms with Gasteiger partial charge in [-0.3, -0.25) is 4.79 Å². The summed E-state index contributed by atoms with van der Waals surface area (Å²) >= 11 is 0. The third-order valence-corrected chi connectivity index (χ3v) is 4.85. The fourth-order valence-electron chi connectivity index (χ4n) is 3.79. The summed E-state index contributed by atoms with van der Waals surface area (Å²) in [6, 6.07) is 17.8. The van der Waals surface area contributed by atoms with Crippen molar-refractivity contribution >= 4 is 5.97 Å². The van der Waals surface area contributed by atoms with E-state index in [0.717, 1.165) is 23.3 Å². The number of carbonyl (C=O) groups excluding carboxylic acids is 1. The standard InChI is InChI=1S/C22H27NO3/c1-17(16-23(2)3)26-21(24)22(18-10-5-4-6-11-18)14-9-15-25-20-13-8-7-12-19(20)22/h4-8,10-13,17H,9,14-16H2,1-3H3. The first kappa shape index (κ1) is 18.5. The zero-order valence-corrected chi connectivity index (χ0v) is 15.8. The number of fused-ring (bicyclic) bond motifs is 1. The number of benzene rings is 2. The molecule has 1 aliphatic rings. The fraction of sp³-hybridized carbons (Fsp3) is 0.409. The first-order valence-corrected chi connectivity index (χ1v) is 9.17. The predicted octanol–water partition coefficient (Wildman–Crippen LogP) is 3.64. The minimum atomic E-state index is -0.838. The van der Waals surface area contributed by atoms with Crippen molar-refractivity contribution in [2.45, 2.75) is 31.3 Å². The number of likely N-dealkylation sites (N-methyl/N-ethyl adjacent to an activating group) is 1. The first-order valence-electron chi connectivity index (χ1n) is 9.17. The van der Waals surface area contributed by atoms with Crippen LogP contribution in [0.1, 0.15) is 30.9 Å². The summed E-state index contributed by atoms with van der Waals surface area (Å²) in [6.07, 6.45) is 1.27. The molecule has 2 aromatic carbocycles. The highest BCUT2D eigenvalue weighted by Gasteiger charge is 2.46. The second-order valence-corrected chi connectivity index (χ2v) is 7.20. The van der Waals surface area contributed by atoms with Gasteiger partial charge in [-0.05, 0) is 45.5 Å². The molecule has 2 aromatic rings. The molecule has 0 fully saturated rings. The molecule has 0 spiro atoms. The summed E-state index contributed by atoms with van der Waals surface area (Å²) in [6.45, 7) is 3.23. The highest BCUT2D eigenvalue weighted by Crippen LogP contribution is 2.44. The lowest BCUT2D eigenvalue weighted by Gasteiger charge is -2.33. The molecule has 3 rings (SSSR count). The van der Waals surface area contributed by atoms with Gasteiger partial charge in [-0.15, -0.1) is 0 Å². The molecule has 0 aliphatic carbocycles. The van der Waals surface area contributed by atoms with E-state index in [-0.39, 0.29) is 12.1 Å². The van der Waals surface area contributed by atoms with Gasteiger partial charge in [-0.2, -0.15) is 0 Å². The van der Waals surface area contributed by atoms with E-state index in [1.807, 2.05) is 80.5 Å². The maximum Gasteiger partial charge on any atom is 0.321 e. The number of ether oxygens (including phenoxy) is 2. The Bertz CT molecular complexity index is 744. The van der Waals surface area contributed by atoms with Crippen LogP contribution >= 0.6 is 0 Å². The molecule has 1 heterocycles. The second-order valence-electron chi connectivity index (χ2n) is 7.20. The van der Waals surface area contributed by atoms with Crippen LogP contribution in [0.25, 0.3) is 0 Å². The minimum absolute atomic E-state index is 0.186. The maximum atomic E-state index is 13.5. The summed E-state index contributed by atoms with van der Waals surface area (Å²) in [4.78, 5) is 15.6. The maximum absolute atomic E-state index is 13.5. The van der Waals surface area contributed by atoms with Gasteiger partial charge in [0.2, 0.25) is 0 Å². The minimum Gasteiger partial charge on any atom is -0.493 e. The Morgan fingerprint density at radius 2 is 1.85 bits per heavy atom. The lowest BCUT2D eigenvalue weighted by Crippen LogP contribution is -2.41. The van der Waals surface area contributed by atoms with E-state index < -0.39 is 5.41 Å². The summed E-state index contributed by atoms with van der Waals surface area (Å²) < 4.78 is 11.9. The van der Waals surface area contributed by atoms with Crippen molar-refractivity contribution in [3.8, 4) is 5.75 Å². The highest BCUT2D eigenvalue weighted by atomic mass is 16.5. The smallest absolute Gasteiger partial charge is 0.321 e. The average Bonchev–Trinajstić information content (AvgIpc) is 2.82. The number of nitrogens with zero attached hydrogens (tertiary/aromatic N) is 1. The van der Waals surface area contributed by atoms with Crippen molar-refractivity contribution in [2.24, 2.45) is 0 Å². The van der Waals surface area contributed by atoms with Gasteiger partial charge in [-0.25, -0.2) is 0 Å². The van der Waals surface area contributed by atoms with E-state index in [0.29, 0.717) is 19.6 Å². The molecule has 0 saturated carbocycles. The van der Waals surface area contributed by atoms with Crippen LogP contribution < -0.4 is 4.74 Å². The Hall–Kier alpha value is -2.33. The van der Waals surface area contributed by atoms with Crippen molar-refractivity contribution in [3.63, 3.8) is 0 Å². The van der Waals surface area contributed by atoms with E-state index in [1.165, 1.54) is 0 Å². The van der Waals surface area contributed by atoms with Crippen molar-refractivity contribution in [1.82, 2.24) is 4.90 Å². The van der Waals surface area contributed by atoms with E-state index in [2.05, 4.69) is 0 Å². The summed E-state index contributed by atoms with van der Waals surface area (Å²) in [5.41, 5.74) is 1.01. The van der Waals surface area contributed by atoms with Gasteiger partial charge in [-0.1, -0.05) is 48.5 Å². The van der Waals surface area contributed by atoms with E-state index in [4.69, 9.17) is 9.47 Å². The van der Waals surface area contributed by atoms with Crippen LogP contribution in [0.4, 0.5) is 0 Å². The lowest BCUT2D eigenvalue weighted by molar-refractivity contribution is -0.154. The molecule has 138 valence electrons. The Balaban J connectivity index is 2.08. The topological polar surface area (TPSA) is 38.8 Å². The van der Waals surface area contributed by atoms with E-state index >= 15 is 0 Å². The predicted molar refractivity (Wildman–Crippen MR) is 103 cm³/mol. The van der Waals surface area contributed by atoms with Gasteiger partial charge in [0.15, 0.2) is 0 Å². The summed E-state index contributed by atoms with van der Waals surface area (Å²) in [5, 5.41) is 0. The van der Waals surface area contributed by atoms with Crippen molar-refractivity contribution in [2.75, 3.05) is 27.2 Å². The lowest BCUT2D eigenvalue weighted by atomic mass is 9.71. The normalized spacial score (nSPS) is 20.6. The number of para-hydroxylation sites is 1. The van der Waals surface area contributed by atoms with Gasteiger partial charge in [0, 0.05) is 12.1 Å². The van der Waals surface area contributed by atoms with E-state index in [9.17, 15) is 4.79 Å². The van der Waals surface area contributed by atoms with Crippen molar-refractivity contribution in [3.05, 3.63) is 65.7 Å². The first-order chi connectivity index (χ1) is 12.5. The molecule has 4 nitrogen and oxygen atoms in total. The van der Waals surface area contributed by atoms with Crippen LogP contribution in [0.3, 0.4) is 0 Å². The molecule has 0 bridgehead atoms. The highest BCUT2D eigenvalue weighted by molar-refractivity contribution is 5.89. The van der Waals surface area contributed by atoms with Crippen LogP contribution in [0, 0.1) is 0 Å². The third-order valence-electron chi connectivity index (χ3n) is 4.85. The summed E-state index contributed by atoms with van der Waals surface area (Å²) in [7, 11) is 3.96. The molecular weight excluding hydrogens is 326 g/mol. The van der Waals surface area contributed by atoms with Crippen LogP contribution in [-0.4, -0.2) is 44.2 Å². The van der Waals surface area contributed by atoms with Crippen molar-refractivity contribution < 1.29 is 14.3 Å². The Morgan fingerprint density at radius 3 is 2.58 bits per heavy atom. The molecule has 2 unspecified atom stereocenters. The van der Waals surface area contributed by atoms with Crippen LogP contribution in [0.2, 0.25) is 0 Å². The number of esters is 1. The average molecular weight is 353 g/mol. The largest absolute Gasteiger partial charge is 0.493 e. The zero-order valence-electron chi connectivity index (χ0n) is 15.8. The van der Waals surface area contributed by atoms with Crippen LogP contribution in [-0.2, 0) is 14.9 Å². The second kappa shape index (κ2) is 7.92. The monoisotopic (exact) mass is 353 g/mol. The van der Waals surface area contributed by atoms with Gasteiger partial charge >= 0.3 is 5.97 Å². The quantitative estimate of drug-likeness (QED) is 0.770. The molecular formula is C22H27NO3. The molecule has 4 heteroatoms. The SMILES string of the molecule is CC(CN(C)C)OC(=O)C1(c2ccccc2)CCCOc2ccccc21. The number of carbonyl (C=O) groups is 1. The van der Waals surface area contributed by atoms with Crippen LogP contribution in [0.5, 0.6) is 5.75 Å². The molecule has 0 saturated heterocycles. The number of hydrogen-bond donors (Lipinski definition) is 0. The molecule has 0 amide bonds. The van der Waals surface area contributed by atoms with Gasteiger partial charge in [0.05, 0.1) is 6.61 Å². The fourth-order valence-corrected chi connectivity index (χ4v) is 3.79. The molecule has 1 aliphatic heterocycles. The van der Waals surface area contributed by atoms with Gasteiger partial charge < -0.3 is 14.4 Å². The zero-order chi connectivity index (χ0) is 18.6. The summed E-state index contributed by atoms with van der Waals surface area (Å²) in [5.74, 6) is 0.571. The number of hydrogen-bond acceptors (Lipinski definition) is 4. The van der Waals surface area contributed by atoms with Crippen molar-refractivity contribution in [1.29, 1.82) is 0 Å². The van der Waals surface area contributed by atoms with E-state index in [1.54, 1.807) is 0 Å². The Kier molecular flexibility index (Phi) is 5.62. The van der Waals surface area contributed by atoms with Gasteiger partial charge in [0.25, 0.3) is 0 Å². The van der Waals surface area contributed by atoms with Crippen LogP contribution in [0.15, 0.2) is 54.6 Å². The number of rotatable bonds is 5. The molecule has 0 radical (unpaired) electrons. The molecule has 0 N–H and O–H groups in total. The Labute approximate surface area is 155 Å². The third kappa shape index (κ3) is 3.61. The molecule has 26 heavy (non-hydrogen) atoms.